The lowest BCUT2D eigenvalue weighted by atomic mass is 9.90. The number of hydrogen-bond acceptors (Lipinski definition) is 3. The summed E-state index contributed by atoms with van der Waals surface area (Å²) >= 11 is 0. The molecule has 2 aromatic rings. The summed E-state index contributed by atoms with van der Waals surface area (Å²) < 4.78 is 27.8. The quantitative estimate of drug-likeness (QED) is 0.842. The first-order chi connectivity index (χ1) is 11.3. The highest BCUT2D eigenvalue weighted by Gasteiger charge is 2.22. The van der Waals surface area contributed by atoms with Crippen LogP contribution in [0.25, 0.3) is 0 Å². The summed E-state index contributed by atoms with van der Waals surface area (Å²) in [5, 5.41) is 6.55. The molecule has 1 heterocycles. The summed E-state index contributed by atoms with van der Waals surface area (Å²) in [6.07, 6.45) is 1.06. The Morgan fingerprint density at radius 2 is 2.12 bits per heavy atom. The van der Waals surface area contributed by atoms with Crippen molar-refractivity contribution in [1.29, 1.82) is 0 Å². The molecule has 0 bridgehead atoms. The number of H-pyrrole nitrogens is 1. The van der Waals surface area contributed by atoms with Crippen LogP contribution in [0.15, 0.2) is 23.0 Å². The Hall–Kier alpha value is -2.51. The number of amides is 1. The fourth-order valence-electron chi connectivity index (χ4n) is 2.54. The molecule has 6 nitrogen and oxygen atoms in total. The Morgan fingerprint density at radius 3 is 2.67 bits per heavy atom. The van der Waals surface area contributed by atoms with Gasteiger partial charge in [0.2, 0.25) is 5.82 Å². The molecule has 24 heavy (non-hydrogen) atoms. The van der Waals surface area contributed by atoms with E-state index in [1.54, 1.807) is 6.92 Å². The minimum atomic E-state index is -0.621. The molecule has 130 valence electrons. The van der Waals surface area contributed by atoms with Crippen molar-refractivity contribution in [3.63, 3.8) is 0 Å². The molecule has 0 saturated heterocycles. The van der Waals surface area contributed by atoms with Crippen molar-refractivity contribution >= 4 is 5.91 Å². The molecule has 1 aromatic heterocycles. The van der Waals surface area contributed by atoms with E-state index in [9.17, 15) is 18.4 Å². The highest BCUT2D eigenvalue weighted by atomic mass is 19.1. The van der Waals surface area contributed by atoms with Gasteiger partial charge >= 0.3 is 5.69 Å². The minimum absolute atomic E-state index is 0.0515. The predicted octanol–water partition coefficient (Wildman–Crippen LogP) is 1.77. The van der Waals surface area contributed by atoms with Crippen LogP contribution < -0.4 is 11.0 Å². The third-order valence-electron chi connectivity index (χ3n) is 4.07. The second-order valence-corrected chi connectivity index (χ2v) is 5.77. The molecule has 8 heteroatoms. The molecule has 2 rings (SSSR count). The van der Waals surface area contributed by atoms with Crippen molar-refractivity contribution < 1.29 is 13.6 Å². The molecular weight excluding hydrogens is 318 g/mol. The number of rotatable bonds is 6. The van der Waals surface area contributed by atoms with Crippen LogP contribution >= 0.6 is 0 Å². The average Bonchev–Trinajstić information content (AvgIpc) is 2.86. The van der Waals surface area contributed by atoms with E-state index >= 15 is 0 Å². The number of carbonyl (C=O) groups is 1. The number of aromatic amines is 1. The summed E-state index contributed by atoms with van der Waals surface area (Å²) in [5.74, 6) is -1.84. The topological polar surface area (TPSA) is 79.8 Å². The van der Waals surface area contributed by atoms with Gasteiger partial charge in [0.1, 0.15) is 11.6 Å². The molecule has 0 saturated carbocycles. The van der Waals surface area contributed by atoms with Crippen LogP contribution in [0.1, 0.15) is 36.5 Å². The predicted molar refractivity (Wildman–Crippen MR) is 84.6 cm³/mol. The Morgan fingerprint density at radius 1 is 1.42 bits per heavy atom. The van der Waals surface area contributed by atoms with E-state index in [2.05, 4.69) is 15.4 Å². The van der Waals surface area contributed by atoms with Crippen molar-refractivity contribution in [3.05, 3.63) is 51.7 Å². The molecule has 1 aromatic carbocycles. The van der Waals surface area contributed by atoms with Crippen molar-refractivity contribution in [1.82, 2.24) is 20.1 Å². The molecule has 0 aliphatic heterocycles. The maximum Gasteiger partial charge on any atom is 0.343 e. The smallest absolute Gasteiger partial charge is 0.343 e. The maximum atomic E-state index is 13.8. The second-order valence-electron chi connectivity index (χ2n) is 5.77. The van der Waals surface area contributed by atoms with Crippen molar-refractivity contribution in [3.8, 4) is 0 Å². The standard InChI is InChI=1S/C16H20F2N4O2/c1-4-10(7-11-5-6-12(17)8-13(11)18)9(2)19-15(23)14-20-16(24)22(3)21-14/h5-6,8-10H,4,7H2,1-3H3,(H,19,23)(H,20,21,24). The Kier molecular flexibility index (Phi) is 5.48. The maximum absolute atomic E-state index is 13.8. The van der Waals surface area contributed by atoms with Gasteiger partial charge in [-0.3, -0.25) is 9.78 Å². The first-order valence-corrected chi connectivity index (χ1v) is 7.70. The number of nitrogens with one attached hydrogen (secondary N) is 2. The van der Waals surface area contributed by atoms with Gasteiger partial charge in [-0.1, -0.05) is 19.4 Å². The third-order valence-corrected chi connectivity index (χ3v) is 4.07. The summed E-state index contributed by atoms with van der Waals surface area (Å²) in [5.41, 5.74) is -0.0798. The monoisotopic (exact) mass is 338 g/mol. The van der Waals surface area contributed by atoms with E-state index in [0.29, 0.717) is 18.4 Å². The van der Waals surface area contributed by atoms with Crippen LogP contribution in [-0.2, 0) is 13.5 Å². The largest absolute Gasteiger partial charge is 0.347 e. The van der Waals surface area contributed by atoms with Gasteiger partial charge in [0.15, 0.2) is 0 Å². The number of carbonyl (C=O) groups excluding carboxylic acids is 1. The van der Waals surface area contributed by atoms with Crippen molar-refractivity contribution in [2.45, 2.75) is 32.7 Å². The molecule has 0 aliphatic carbocycles. The lowest BCUT2D eigenvalue weighted by Crippen LogP contribution is -2.39. The fourth-order valence-corrected chi connectivity index (χ4v) is 2.54. The van der Waals surface area contributed by atoms with Gasteiger partial charge in [0.05, 0.1) is 0 Å². The second kappa shape index (κ2) is 7.37. The summed E-state index contributed by atoms with van der Waals surface area (Å²) in [7, 11) is 1.44. The Balaban J connectivity index is 2.06. The molecule has 1 amide bonds. The number of aryl methyl sites for hydroxylation is 1. The van der Waals surface area contributed by atoms with Gasteiger partial charge in [-0.2, -0.15) is 0 Å². The van der Waals surface area contributed by atoms with Crippen molar-refractivity contribution in [2.75, 3.05) is 0 Å². The van der Waals surface area contributed by atoms with Crippen LogP contribution in [0.4, 0.5) is 8.78 Å². The zero-order chi connectivity index (χ0) is 17.9. The number of aromatic nitrogens is 3. The molecule has 2 unspecified atom stereocenters. The van der Waals surface area contributed by atoms with Gasteiger partial charge in [-0.15, -0.1) is 5.10 Å². The number of benzene rings is 1. The molecular formula is C16H20F2N4O2. The van der Waals surface area contributed by atoms with Gasteiger partial charge in [-0.25, -0.2) is 18.3 Å². The van der Waals surface area contributed by atoms with Gasteiger partial charge in [-0.05, 0) is 30.9 Å². The number of hydrogen-bond donors (Lipinski definition) is 2. The van der Waals surface area contributed by atoms with E-state index in [-0.39, 0.29) is 17.8 Å². The van der Waals surface area contributed by atoms with Crippen molar-refractivity contribution in [2.24, 2.45) is 13.0 Å². The number of halogens is 2. The SMILES string of the molecule is CCC(Cc1ccc(F)cc1F)C(C)NC(=O)c1nn(C)c(=O)[nH]1. The minimum Gasteiger partial charge on any atom is -0.347 e. The Bertz CT molecular complexity index is 785. The molecule has 0 fully saturated rings. The van der Waals surface area contributed by atoms with Gasteiger partial charge in [0.25, 0.3) is 5.91 Å². The highest BCUT2D eigenvalue weighted by molar-refractivity contribution is 5.90. The van der Waals surface area contributed by atoms with Crippen LogP contribution in [0, 0.1) is 17.6 Å². The Labute approximate surface area is 137 Å². The van der Waals surface area contributed by atoms with Crippen LogP contribution in [0.5, 0.6) is 0 Å². The first-order valence-electron chi connectivity index (χ1n) is 7.70. The first kappa shape index (κ1) is 17.8. The van der Waals surface area contributed by atoms with E-state index in [4.69, 9.17) is 0 Å². The average molecular weight is 338 g/mol. The van der Waals surface area contributed by atoms with Gasteiger partial charge < -0.3 is 5.32 Å². The fraction of sp³-hybridized carbons (Fsp3) is 0.438. The molecule has 0 aliphatic rings. The molecule has 0 radical (unpaired) electrons. The molecule has 0 spiro atoms. The summed E-state index contributed by atoms with van der Waals surface area (Å²) in [6.45, 7) is 3.73. The van der Waals surface area contributed by atoms with Crippen LogP contribution in [0.3, 0.4) is 0 Å². The molecule has 2 atom stereocenters. The zero-order valence-electron chi connectivity index (χ0n) is 13.8. The lowest BCUT2D eigenvalue weighted by molar-refractivity contribution is 0.0915. The van der Waals surface area contributed by atoms with E-state index in [0.717, 1.165) is 10.7 Å². The zero-order valence-corrected chi connectivity index (χ0v) is 13.8. The normalized spacial score (nSPS) is 13.5. The lowest BCUT2D eigenvalue weighted by Gasteiger charge is -2.23. The summed E-state index contributed by atoms with van der Waals surface area (Å²) in [4.78, 5) is 25.8. The van der Waals surface area contributed by atoms with Crippen LogP contribution in [0.2, 0.25) is 0 Å². The molecule has 2 N–H and O–H groups in total. The van der Waals surface area contributed by atoms with E-state index < -0.39 is 23.2 Å². The summed E-state index contributed by atoms with van der Waals surface area (Å²) in [6, 6.07) is 3.20. The van der Waals surface area contributed by atoms with E-state index in [1.165, 1.54) is 19.2 Å². The van der Waals surface area contributed by atoms with Gasteiger partial charge in [0, 0.05) is 19.2 Å². The number of nitrogens with zero attached hydrogens (tertiary/aromatic N) is 2. The third kappa shape index (κ3) is 4.06. The van der Waals surface area contributed by atoms with Crippen LogP contribution in [-0.4, -0.2) is 26.7 Å². The van der Waals surface area contributed by atoms with E-state index in [1.807, 2.05) is 6.92 Å². The highest BCUT2D eigenvalue weighted by Crippen LogP contribution is 2.19.